The Morgan fingerprint density at radius 3 is 3.09 bits per heavy atom. The minimum absolute atomic E-state index is 0.128. The smallest absolute Gasteiger partial charge is 0.227 e. The first-order valence-electron chi connectivity index (χ1n) is 4.20. The molecule has 0 N–H and O–H groups in total. The molecule has 2 aliphatic rings. The van der Waals surface area contributed by atoms with Gasteiger partial charge in [0.05, 0.1) is 0 Å². The molecule has 2 unspecified atom stereocenters. The van der Waals surface area contributed by atoms with E-state index in [9.17, 15) is 4.79 Å². The first kappa shape index (κ1) is 7.10. The number of likely N-dealkylation sites (tertiary alicyclic amines) is 1. The minimum atomic E-state index is 0.128. The first-order chi connectivity index (χ1) is 5.24. The number of likely N-dealkylation sites (N-methyl/N-ethyl adjacent to an activating group) is 1. The Balaban J connectivity index is 2.11. The van der Waals surface area contributed by atoms with Crippen LogP contribution in [0.15, 0.2) is 0 Å². The van der Waals surface area contributed by atoms with Gasteiger partial charge in [0.15, 0.2) is 6.23 Å². The molecule has 0 aromatic rings. The summed E-state index contributed by atoms with van der Waals surface area (Å²) < 4.78 is 5.33. The van der Waals surface area contributed by atoms with Crippen LogP contribution in [0.4, 0.5) is 0 Å². The molecule has 2 heterocycles. The average Bonchev–Trinajstić information content (AvgIpc) is 2.69. The van der Waals surface area contributed by atoms with E-state index < -0.39 is 0 Å². The maximum atomic E-state index is 11.4. The number of hydrogen-bond donors (Lipinski definition) is 0. The van der Waals surface area contributed by atoms with Crippen LogP contribution in [-0.2, 0) is 9.53 Å². The molecule has 3 heteroatoms. The van der Waals surface area contributed by atoms with Crippen molar-refractivity contribution in [2.75, 3.05) is 6.54 Å². The molecule has 11 heavy (non-hydrogen) atoms. The lowest BCUT2D eigenvalue weighted by Crippen LogP contribution is -2.42. The first-order valence-corrected chi connectivity index (χ1v) is 4.20. The van der Waals surface area contributed by atoms with Crippen LogP contribution in [0.3, 0.4) is 0 Å². The van der Waals surface area contributed by atoms with Crippen molar-refractivity contribution < 1.29 is 9.53 Å². The average molecular weight is 155 g/mol. The van der Waals surface area contributed by atoms with Crippen molar-refractivity contribution in [2.24, 2.45) is 5.92 Å². The summed E-state index contributed by atoms with van der Waals surface area (Å²) in [6.07, 6.45) is 1.39. The van der Waals surface area contributed by atoms with E-state index in [4.69, 9.17) is 4.74 Å². The number of nitrogens with zero attached hydrogens (tertiary/aromatic N) is 1. The minimum Gasteiger partial charge on any atom is -0.348 e. The summed E-state index contributed by atoms with van der Waals surface area (Å²) in [5.74, 6) is 0.421. The van der Waals surface area contributed by atoms with Crippen molar-refractivity contribution in [2.45, 2.75) is 32.6 Å². The van der Waals surface area contributed by atoms with Gasteiger partial charge in [0.25, 0.3) is 0 Å². The van der Waals surface area contributed by atoms with E-state index >= 15 is 0 Å². The Morgan fingerprint density at radius 2 is 2.45 bits per heavy atom. The van der Waals surface area contributed by atoms with E-state index in [1.807, 2.05) is 18.7 Å². The number of carbonyl (C=O) groups is 1. The zero-order valence-electron chi connectivity index (χ0n) is 6.91. The summed E-state index contributed by atoms with van der Waals surface area (Å²) in [5.41, 5.74) is 0. The summed E-state index contributed by atoms with van der Waals surface area (Å²) in [5, 5.41) is 0. The molecule has 2 saturated heterocycles. The fourth-order valence-electron chi connectivity index (χ4n) is 1.77. The summed E-state index contributed by atoms with van der Waals surface area (Å²) in [4.78, 5) is 13.3. The van der Waals surface area contributed by atoms with Crippen molar-refractivity contribution in [3.63, 3.8) is 0 Å². The molecule has 0 aromatic carbocycles. The summed E-state index contributed by atoms with van der Waals surface area (Å²) >= 11 is 0. The van der Waals surface area contributed by atoms with Gasteiger partial charge in [-0.2, -0.15) is 0 Å². The quantitative estimate of drug-likeness (QED) is 0.519. The number of rotatable bonds is 1. The Labute approximate surface area is 66.3 Å². The van der Waals surface area contributed by atoms with Crippen molar-refractivity contribution >= 4 is 5.91 Å². The molecule has 0 aromatic heterocycles. The predicted octanol–water partition coefficient (Wildman–Crippen LogP) is 0.600. The molecule has 2 rings (SSSR count). The van der Waals surface area contributed by atoms with Crippen LogP contribution in [-0.4, -0.2) is 29.7 Å². The highest BCUT2D eigenvalue weighted by Gasteiger charge is 2.51. The van der Waals surface area contributed by atoms with E-state index in [2.05, 4.69) is 0 Å². The molecule has 3 nitrogen and oxygen atoms in total. The van der Waals surface area contributed by atoms with Crippen molar-refractivity contribution in [1.82, 2.24) is 4.90 Å². The molecule has 0 saturated carbocycles. The molecule has 3 atom stereocenters. The van der Waals surface area contributed by atoms with Gasteiger partial charge >= 0.3 is 0 Å². The second-order valence-corrected chi connectivity index (χ2v) is 3.33. The molecule has 2 aliphatic heterocycles. The van der Waals surface area contributed by atoms with Gasteiger partial charge < -0.3 is 9.64 Å². The number of piperidine rings is 1. The maximum absolute atomic E-state index is 11.4. The van der Waals surface area contributed by atoms with Crippen molar-refractivity contribution in [3.05, 3.63) is 0 Å². The zero-order chi connectivity index (χ0) is 8.01. The second kappa shape index (κ2) is 2.21. The van der Waals surface area contributed by atoms with Gasteiger partial charge in [-0.05, 0) is 13.3 Å². The molecule has 62 valence electrons. The van der Waals surface area contributed by atoms with E-state index in [1.165, 1.54) is 0 Å². The molecule has 0 radical (unpaired) electrons. The van der Waals surface area contributed by atoms with E-state index in [-0.39, 0.29) is 18.1 Å². The molecule has 1 amide bonds. The third-order valence-corrected chi connectivity index (χ3v) is 2.49. The normalized spacial score (nSPS) is 42.2. The van der Waals surface area contributed by atoms with Gasteiger partial charge in [-0.15, -0.1) is 0 Å². The number of fused-ring (bicyclic) bond motifs is 1. The number of epoxide rings is 1. The van der Waals surface area contributed by atoms with Gasteiger partial charge in [0.2, 0.25) is 5.91 Å². The number of ether oxygens (including phenoxy) is 1. The summed E-state index contributed by atoms with van der Waals surface area (Å²) in [6, 6.07) is 0. The maximum Gasteiger partial charge on any atom is 0.227 e. The van der Waals surface area contributed by atoms with Crippen LogP contribution in [0.25, 0.3) is 0 Å². The van der Waals surface area contributed by atoms with Crippen molar-refractivity contribution in [1.29, 1.82) is 0 Å². The lowest BCUT2D eigenvalue weighted by atomic mass is 9.99. The standard InChI is InChI=1S/C8H13NO2/c1-3-9-7(10)5(2)4-6-8(9)11-6/h5-6,8H,3-4H2,1-2H3/t5-,6?,8?/m0/s1. The van der Waals surface area contributed by atoms with Crippen LogP contribution < -0.4 is 0 Å². The van der Waals surface area contributed by atoms with Gasteiger partial charge in [-0.1, -0.05) is 6.92 Å². The summed E-state index contributed by atoms with van der Waals surface area (Å²) in [6.45, 7) is 4.75. The lowest BCUT2D eigenvalue weighted by Gasteiger charge is -2.25. The highest BCUT2D eigenvalue weighted by molar-refractivity contribution is 5.80. The Kier molecular flexibility index (Phi) is 1.42. The Hall–Kier alpha value is -0.570. The van der Waals surface area contributed by atoms with Crippen LogP contribution in [0, 0.1) is 5.92 Å². The fourth-order valence-corrected chi connectivity index (χ4v) is 1.77. The number of amides is 1. The van der Waals surface area contributed by atoms with Crippen LogP contribution >= 0.6 is 0 Å². The van der Waals surface area contributed by atoms with E-state index in [1.54, 1.807) is 0 Å². The SMILES string of the molecule is CCN1C(=O)[C@@H](C)CC2OC21. The topological polar surface area (TPSA) is 32.8 Å². The monoisotopic (exact) mass is 155 g/mol. The predicted molar refractivity (Wildman–Crippen MR) is 39.8 cm³/mol. The van der Waals surface area contributed by atoms with Crippen LogP contribution in [0.5, 0.6) is 0 Å². The van der Waals surface area contributed by atoms with Crippen LogP contribution in [0.2, 0.25) is 0 Å². The molecular weight excluding hydrogens is 142 g/mol. The number of hydrogen-bond acceptors (Lipinski definition) is 2. The van der Waals surface area contributed by atoms with Gasteiger partial charge in [0, 0.05) is 12.5 Å². The third kappa shape index (κ3) is 0.948. The molecule has 0 aliphatic carbocycles. The highest BCUT2D eigenvalue weighted by atomic mass is 16.6. The molecule has 0 spiro atoms. The molecule has 0 bridgehead atoms. The highest BCUT2D eigenvalue weighted by Crippen LogP contribution is 2.37. The lowest BCUT2D eigenvalue weighted by molar-refractivity contribution is -0.138. The third-order valence-electron chi connectivity index (χ3n) is 2.49. The number of carbonyl (C=O) groups excluding carboxylic acids is 1. The fraction of sp³-hybridized carbons (Fsp3) is 0.875. The van der Waals surface area contributed by atoms with Gasteiger partial charge in [-0.25, -0.2) is 0 Å². The van der Waals surface area contributed by atoms with E-state index in [0.717, 1.165) is 13.0 Å². The van der Waals surface area contributed by atoms with Crippen LogP contribution in [0.1, 0.15) is 20.3 Å². The van der Waals surface area contributed by atoms with E-state index in [0.29, 0.717) is 6.10 Å². The second-order valence-electron chi connectivity index (χ2n) is 3.33. The molecule has 2 fully saturated rings. The Morgan fingerprint density at radius 1 is 1.73 bits per heavy atom. The Bertz CT molecular complexity index is 193. The van der Waals surface area contributed by atoms with Gasteiger partial charge in [-0.3, -0.25) is 4.79 Å². The van der Waals surface area contributed by atoms with Crippen molar-refractivity contribution in [3.8, 4) is 0 Å². The van der Waals surface area contributed by atoms with Gasteiger partial charge in [0.1, 0.15) is 6.10 Å². The zero-order valence-corrected chi connectivity index (χ0v) is 6.91. The summed E-state index contributed by atoms with van der Waals surface area (Å²) in [7, 11) is 0. The largest absolute Gasteiger partial charge is 0.348 e. The molecular formula is C8H13NO2.